The summed E-state index contributed by atoms with van der Waals surface area (Å²) in [5.74, 6) is 6.42. The lowest BCUT2D eigenvalue weighted by Crippen LogP contribution is -2.39. The van der Waals surface area contributed by atoms with E-state index >= 15 is 0 Å². The van der Waals surface area contributed by atoms with Crippen LogP contribution in [0.15, 0.2) is 6.33 Å². The summed E-state index contributed by atoms with van der Waals surface area (Å²) in [5, 5.41) is 5.90. The second-order valence-corrected chi connectivity index (χ2v) is 4.40. The molecule has 0 aliphatic heterocycles. The van der Waals surface area contributed by atoms with E-state index in [0.29, 0.717) is 23.4 Å². The number of nitrogens with one attached hydrogen (secondary N) is 3. The highest BCUT2D eigenvalue weighted by atomic mass is 16.5. The van der Waals surface area contributed by atoms with Crippen molar-refractivity contribution in [1.29, 1.82) is 0 Å². The number of anilines is 2. The van der Waals surface area contributed by atoms with E-state index in [0.717, 1.165) is 12.8 Å². The van der Waals surface area contributed by atoms with E-state index in [1.54, 1.807) is 6.92 Å². The summed E-state index contributed by atoms with van der Waals surface area (Å²) in [6.45, 7) is 1.76. The number of rotatable bonds is 6. The number of nitrogen functional groups attached to an aromatic ring is 1. The summed E-state index contributed by atoms with van der Waals surface area (Å²) in [4.78, 5) is 19.8. The molecule has 0 radical (unpaired) electrons. The zero-order chi connectivity index (χ0) is 13.8. The van der Waals surface area contributed by atoms with Crippen molar-refractivity contribution in [3.63, 3.8) is 0 Å². The molecule has 0 bridgehead atoms. The number of hydrogen-bond donors (Lipinski definition) is 4. The fourth-order valence-electron chi connectivity index (χ4n) is 1.60. The summed E-state index contributed by atoms with van der Waals surface area (Å²) in [5.41, 5.74) is 2.41. The van der Waals surface area contributed by atoms with Gasteiger partial charge in [-0.25, -0.2) is 15.8 Å². The Balaban J connectivity index is 2.06. The van der Waals surface area contributed by atoms with Gasteiger partial charge in [-0.3, -0.25) is 4.79 Å². The van der Waals surface area contributed by atoms with Crippen LogP contribution >= 0.6 is 0 Å². The zero-order valence-electron chi connectivity index (χ0n) is 10.9. The van der Waals surface area contributed by atoms with E-state index in [1.807, 2.05) is 0 Å². The number of ether oxygens (including phenoxy) is 1. The average molecular weight is 266 g/mol. The first-order chi connectivity index (χ1) is 9.15. The topological polar surface area (TPSA) is 114 Å². The number of nitrogens with zero attached hydrogens (tertiary/aromatic N) is 2. The Morgan fingerprint density at radius 3 is 2.74 bits per heavy atom. The number of methoxy groups -OCH3 is 1. The van der Waals surface area contributed by atoms with Crippen LogP contribution in [-0.2, 0) is 4.79 Å². The lowest BCUT2D eigenvalue weighted by molar-refractivity contribution is -0.121. The lowest BCUT2D eigenvalue weighted by atomic mass is 10.3. The quantitative estimate of drug-likeness (QED) is 0.418. The third-order valence-electron chi connectivity index (χ3n) is 2.81. The Morgan fingerprint density at radius 2 is 2.16 bits per heavy atom. The molecule has 0 saturated heterocycles. The molecular weight excluding hydrogens is 248 g/mol. The normalized spacial score (nSPS) is 15.5. The fourth-order valence-corrected chi connectivity index (χ4v) is 1.60. The predicted molar refractivity (Wildman–Crippen MR) is 70.6 cm³/mol. The van der Waals surface area contributed by atoms with Crippen molar-refractivity contribution in [2.75, 3.05) is 17.9 Å². The summed E-state index contributed by atoms with van der Waals surface area (Å²) in [6.07, 6.45) is 3.44. The van der Waals surface area contributed by atoms with Gasteiger partial charge in [-0.2, -0.15) is 0 Å². The molecule has 1 aromatic rings. The van der Waals surface area contributed by atoms with Gasteiger partial charge in [-0.15, -0.1) is 0 Å². The molecule has 1 heterocycles. The Labute approximate surface area is 111 Å². The van der Waals surface area contributed by atoms with Crippen LogP contribution in [0.1, 0.15) is 19.8 Å². The predicted octanol–water partition coefficient (Wildman–Crippen LogP) is -0.150. The van der Waals surface area contributed by atoms with Gasteiger partial charge in [0, 0.05) is 6.04 Å². The summed E-state index contributed by atoms with van der Waals surface area (Å²) < 4.78 is 5.18. The SMILES string of the molecule is COc1c(NN)ncnc1NC(C)C(=O)NC1CC1. The Hall–Kier alpha value is -2.09. The highest BCUT2D eigenvalue weighted by Gasteiger charge is 2.26. The molecule has 8 heteroatoms. The van der Waals surface area contributed by atoms with Crippen LogP contribution in [0.5, 0.6) is 5.75 Å². The molecule has 0 spiro atoms. The molecule has 8 nitrogen and oxygen atoms in total. The molecule has 0 aromatic carbocycles. The molecule has 1 saturated carbocycles. The molecule has 1 fully saturated rings. The largest absolute Gasteiger partial charge is 0.490 e. The molecule has 2 rings (SSSR count). The molecule has 1 aromatic heterocycles. The standard InChI is InChI=1S/C11H18N6O2/c1-6(11(18)16-7-3-4-7)15-9-8(19-2)10(17-12)14-5-13-9/h5-7H,3-4,12H2,1-2H3,(H,16,18)(H2,13,14,15,17). The van der Waals surface area contributed by atoms with E-state index in [2.05, 4.69) is 26.0 Å². The van der Waals surface area contributed by atoms with Crippen molar-refractivity contribution in [2.45, 2.75) is 31.8 Å². The average Bonchev–Trinajstić information content (AvgIpc) is 3.22. The number of hydrogen-bond acceptors (Lipinski definition) is 7. The van der Waals surface area contributed by atoms with Crippen LogP contribution in [-0.4, -0.2) is 35.1 Å². The first-order valence-electron chi connectivity index (χ1n) is 6.08. The molecule has 104 valence electrons. The van der Waals surface area contributed by atoms with Crippen molar-refractivity contribution in [3.05, 3.63) is 6.33 Å². The monoisotopic (exact) mass is 266 g/mol. The van der Waals surface area contributed by atoms with Gasteiger partial charge < -0.3 is 20.8 Å². The maximum absolute atomic E-state index is 11.9. The van der Waals surface area contributed by atoms with Crippen LogP contribution in [0.25, 0.3) is 0 Å². The van der Waals surface area contributed by atoms with Crippen LogP contribution in [0.2, 0.25) is 0 Å². The van der Waals surface area contributed by atoms with Crippen LogP contribution in [0.3, 0.4) is 0 Å². The van der Waals surface area contributed by atoms with Gasteiger partial charge >= 0.3 is 0 Å². The van der Waals surface area contributed by atoms with Gasteiger partial charge in [-0.1, -0.05) is 0 Å². The van der Waals surface area contributed by atoms with E-state index in [-0.39, 0.29) is 5.91 Å². The lowest BCUT2D eigenvalue weighted by Gasteiger charge is -2.17. The fraction of sp³-hybridized carbons (Fsp3) is 0.545. The van der Waals surface area contributed by atoms with Gasteiger partial charge in [0.15, 0.2) is 11.6 Å². The summed E-state index contributed by atoms with van der Waals surface area (Å²) >= 11 is 0. The molecule has 1 aliphatic carbocycles. The van der Waals surface area contributed by atoms with Gasteiger partial charge in [0.1, 0.15) is 12.4 Å². The molecule has 1 aliphatic rings. The number of hydrazine groups is 1. The second kappa shape index (κ2) is 5.70. The van der Waals surface area contributed by atoms with Crippen molar-refractivity contribution in [3.8, 4) is 5.75 Å². The van der Waals surface area contributed by atoms with Crippen molar-refractivity contribution in [2.24, 2.45) is 5.84 Å². The molecule has 1 unspecified atom stereocenters. The van der Waals surface area contributed by atoms with Gasteiger partial charge in [0.05, 0.1) is 7.11 Å². The Morgan fingerprint density at radius 1 is 1.47 bits per heavy atom. The Bertz CT molecular complexity index is 462. The number of aromatic nitrogens is 2. The van der Waals surface area contributed by atoms with E-state index in [1.165, 1.54) is 13.4 Å². The highest BCUT2D eigenvalue weighted by molar-refractivity contribution is 5.85. The van der Waals surface area contributed by atoms with Crippen molar-refractivity contribution >= 4 is 17.5 Å². The zero-order valence-corrected chi connectivity index (χ0v) is 10.9. The van der Waals surface area contributed by atoms with Gasteiger partial charge in [0.2, 0.25) is 11.7 Å². The first kappa shape index (κ1) is 13.3. The minimum Gasteiger partial charge on any atom is -0.490 e. The van der Waals surface area contributed by atoms with E-state index < -0.39 is 6.04 Å². The van der Waals surface area contributed by atoms with E-state index in [9.17, 15) is 4.79 Å². The molecular formula is C11H18N6O2. The van der Waals surface area contributed by atoms with Crippen LogP contribution in [0, 0.1) is 0 Å². The maximum atomic E-state index is 11.9. The number of nitrogens with two attached hydrogens (primary N) is 1. The minimum atomic E-state index is -0.421. The maximum Gasteiger partial charge on any atom is 0.242 e. The van der Waals surface area contributed by atoms with Gasteiger partial charge in [0.25, 0.3) is 0 Å². The van der Waals surface area contributed by atoms with E-state index in [4.69, 9.17) is 10.6 Å². The third kappa shape index (κ3) is 3.22. The third-order valence-corrected chi connectivity index (χ3v) is 2.81. The van der Waals surface area contributed by atoms with Gasteiger partial charge in [-0.05, 0) is 19.8 Å². The van der Waals surface area contributed by atoms with Crippen LogP contribution in [0.4, 0.5) is 11.6 Å². The number of amides is 1. The minimum absolute atomic E-state index is 0.0644. The number of carbonyl (C=O) groups excluding carboxylic acids is 1. The molecule has 5 N–H and O–H groups in total. The van der Waals surface area contributed by atoms with Crippen molar-refractivity contribution in [1.82, 2.24) is 15.3 Å². The summed E-state index contributed by atoms with van der Waals surface area (Å²) in [7, 11) is 1.49. The number of carbonyl (C=O) groups is 1. The highest BCUT2D eigenvalue weighted by Crippen LogP contribution is 2.28. The Kier molecular flexibility index (Phi) is 4.00. The molecule has 1 atom stereocenters. The summed E-state index contributed by atoms with van der Waals surface area (Å²) in [6, 6.07) is -0.0969. The smallest absolute Gasteiger partial charge is 0.242 e. The molecule has 1 amide bonds. The van der Waals surface area contributed by atoms with Crippen LogP contribution < -0.4 is 26.6 Å². The first-order valence-corrected chi connectivity index (χ1v) is 6.08. The molecule has 19 heavy (non-hydrogen) atoms. The van der Waals surface area contributed by atoms with Crippen molar-refractivity contribution < 1.29 is 9.53 Å². The second-order valence-electron chi connectivity index (χ2n) is 4.40.